The highest BCUT2D eigenvalue weighted by Gasteiger charge is 2.37. The van der Waals surface area contributed by atoms with Gasteiger partial charge in [-0.05, 0) is 67.1 Å². The van der Waals surface area contributed by atoms with Gasteiger partial charge < -0.3 is 4.74 Å². The van der Waals surface area contributed by atoms with Crippen LogP contribution in [0.1, 0.15) is 31.0 Å². The van der Waals surface area contributed by atoms with Gasteiger partial charge in [-0.1, -0.05) is 60.7 Å². The highest BCUT2D eigenvalue weighted by Crippen LogP contribution is 2.39. The first-order chi connectivity index (χ1) is 15.2. The number of hydrogen-bond donors (Lipinski definition) is 0. The van der Waals surface area contributed by atoms with Crippen LogP contribution in [-0.2, 0) is 4.79 Å². The van der Waals surface area contributed by atoms with Crippen LogP contribution in [-0.4, -0.2) is 22.6 Å². The summed E-state index contributed by atoms with van der Waals surface area (Å²) >= 11 is 1.41. The van der Waals surface area contributed by atoms with E-state index in [0.29, 0.717) is 16.7 Å². The normalized spacial score (nSPS) is 17.4. The number of amides is 1. The van der Waals surface area contributed by atoms with Crippen LogP contribution in [0.2, 0.25) is 0 Å². The summed E-state index contributed by atoms with van der Waals surface area (Å²) in [5.41, 5.74) is 2.81. The van der Waals surface area contributed by atoms with E-state index in [9.17, 15) is 4.79 Å². The average molecular weight is 429 g/mol. The summed E-state index contributed by atoms with van der Waals surface area (Å²) in [5.74, 6) is 0.748. The van der Waals surface area contributed by atoms with E-state index < -0.39 is 0 Å². The third-order valence-corrected chi connectivity index (χ3v) is 5.94. The molecule has 1 saturated heterocycles. The molecule has 156 valence electrons. The second-order valence-corrected chi connectivity index (χ2v) is 8.12. The standard InChI is InChI=1S/C26H24N2O2S/c1-3-30-23-16-10-11-20(17-23)18-24-25(29)28(19(2)21-12-6-4-7-13-21)26(31-24)27-22-14-8-5-9-15-22/h4-19H,3H2,1-2H3/b24-18+,27-26?/t19-/m0/s1. The molecule has 3 aromatic rings. The van der Waals surface area contributed by atoms with Crippen molar-refractivity contribution in [3.8, 4) is 5.75 Å². The van der Waals surface area contributed by atoms with E-state index in [0.717, 1.165) is 22.6 Å². The molecule has 1 aliphatic heterocycles. The van der Waals surface area contributed by atoms with Crippen LogP contribution in [0.4, 0.5) is 5.69 Å². The highest BCUT2D eigenvalue weighted by molar-refractivity contribution is 8.18. The Bertz CT molecular complexity index is 1110. The fourth-order valence-electron chi connectivity index (χ4n) is 3.41. The first-order valence-corrected chi connectivity index (χ1v) is 11.1. The molecule has 0 unspecified atom stereocenters. The lowest BCUT2D eigenvalue weighted by Gasteiger charge is -2.24. The van der Waals surface area contributed by atoms with Crippen molar-refractivity contribution < 1.29 is 9.53 Å². The number of hydrogen-bond acceptors (Lipinski definition) is 4. The van der Waals surface area contributed by atoms with Crippen LogP contribution < -0.4 is 4.74 Å². The van der Waals surface area contributed by atoms with Crippen molar-refractivity contribution in [1.29, 1.82) is 0 Å². The van der Waals surface area contributed by atoms with Crippen molar-refractivity contribution in [3.05, 3.63) is 101 Å². The van der Waals surface area contributed by atoms with Gasteiger partial charge in [-0.15, -0.1) is 0 Å². The molecule has 0 saturated carbocycles. The highest BCUT2D eigenvalue weighted by atomic mass is 32.2. The second-order valence-electron chi connectivity index (χ2n) is 7.11. The molecule has 1 heterocycles. The molecule has 1 fully saturated rings. The Morgan fingerprint density at radius 3 is 2.42 bits per heavy atom. The van der Waals surface area contributed by atoms with Crippen molar-refractivity contribution in [3.63, 3.8) is 0 Å². The second kappa shape index (κ2) is 9.67. The third kappa shape index (κ3) is 4.89. The number of ether oxygens (including phenoxy) is 1. The van der Waals surface area contributed by atoms with E-state index in [4.69, 9.17) is 9.73 Å². The monoisotopic (exact) mass is 428 g/mol. The zero-order valence-corrected chi connectivity index (χ0v) is 18.4. The molecule has 0 spiro atoms. The van der Waals surface area contributed by atoms with Gasteiger partial charge in [-0.25, -0.2) is 4.99 Å². The molecular formula is C26H24N2O2S. The predicted octanol–water partition coefficient (Wildman–Crippen LogP) is 6.45. The molecule has 5 heteroatoms. The van der Waals surface area contributed by atoms with Crippen molar-refractivity contribution >= 4 is 34.6 Å². The fraction of sp³-hybridized carbons (Fsp3) is 0.154. The largest absolute Gasteiger partial charge is 0.494 e. The Kier molecular flexibility index (Phi) is 6.53. The molecular weight excluding hydrogens is 404 g/mol. The minimum Gasteiger partial charge on any atom is -0.494 e. The molecule has 0 aliphatic carbocycles. The molecule has 0 radical (unpaired) electrons. The number of rotatable bonds is 6. The number of aliphatic imine (C=N–C) groups is 1. The maximum Gasteiger partial charge on any atom is 0.267 e. The van der Waals surface area contributed by atoms with Gasteiger partial charge >= 0.3 is 0 Å². The van der Waals surface area contributed by atoms with Crippen molar-refractivity contribution in [2.45, 2.75) is 19.9 Å². The lowest BCUT2D eigenvalue weighted by Crippen LogP contribution is -2.32. The lowest BCUT2D eigenvalue weighted by atomic mass is 10.1. The molecule has 1 amide bonds. The fourth-order valence-corrected chi connectivity index (χ4v) is 4.48. The zero-order chi connectivity index (χ0) is 21.6. The van der Waals surface area contributed by atoms with Gasteiger partial charge in [-0.3, -0.25) is 9.69 Å². The molecule has 0 aromatic heterocycles. The molecule has 0 N–H and O–H groups in total. The predicted molar refractivity (Wildman–Crippen MR) is 128 cm³/mol. The number of carbonyl (C=O) groups excluding carboxylic acids is 1. The first-order valence-electron chi connectivity index (χ1n) is 10.3. The molecule has 1 aliphatic rings. The van der Waals surface area contributed by atoms with E-state index >= 15 is 0 Å². The minimum absolute atomic E-state index is 0.0437. The van der Waals surface area contributed by atoms with Gasteiger partial charge in [-0.2, -0.15) is 0 Å². The summed E-state index contributed by atoms with van der Waals surface area (Å²) in [7, 11) is 0. The Morgan fingerprint density at radius 2 is 1.71 bits per heavy atom. The molecule has 31 heavy (non-hydrogen) atoms. The number of amidine groups is 1. The van der Waals surface area contributed by atoms with Crippen molar-refractivity contribution in [2.75, 3.05) is 6.61 Å². The maximum atomic E-state index is 13.5. The first kappa shape index (κ1) is 20.9. The van der Waals surface area contributed by atoms with E-state index in [1.54, 1.807) is 4.90 Å². The smallest absolute Gasteiger partial charge is 0.267 e. The van der Waals surface area contributed by atoms with Crippen LogP contribution in [0.3, 0.4) is 0 Å². The van der Waals surface area contributed by atoms with E-state index in [1.165, 1.54) is 11.8 Å². The molecule has 3 aromatic carbocycles. The number of benzene rings is 3. The lowest BCUT2D eigenvalue weighted by molar-refractivity contribution is -0.123. The van der Waals surface area contributed by atoms with E-state index in [2.05, 4.69) is 0 Å². The van der Waals surface area contributed by atoms with Gasteiger partial charge in [0.2, 0.25) is 0 Å². The molecule has 1 atom stereocenters. The average Bonchev–Trinajstić information content (AvgIpc) is 3.09. The summed E-state index contributed by atoms with van der Waals surface area (Å²) in [6.45, 7) is 4.59. The Hall–Kier alpha value is -3.31. The third-order valence-electron chi connectivity index (χ3n) is 4.95. The summed E-state index contributed by atoms with van der Waals surface area (Å²) in [5, 5.41) is 0.680. The Balaban J connectivity index is 1.72. The van der Waals surface area contributed by atoms with Crippen LogP contribution in [0.15, 0.2) is 94.8 Å². The Labute approximate surface area is 187 Å². The van der Waals surface area contributed by atoms with Crippen LogP contribution in [0.5, 0.6) is 5.75 Å². The number of para-hydroxylation sites is 1. The molecule has 4 rings (SSSR count). The maximum absolute atomic E-state index is 13.5. The minimum atomic E-state index is -0.135. The van der Waals surface area contributed by atoms with E-state index in [-0.39, 0.29) is 11.9 Å². The SMILES string of the molecule is CCOc1cccc(/C=C2/SC(=Nc3ccccc3)N([C@@H](C)c3ccccc3)C2=O)c1. The van der Waals surface area contributed by atoms with Crippen LogP contribution in [0, 0.1) is 0 Å². The van der Waals surface area contributed by atoms with Gasteiger partial charge in [0.05, 0.1) is 23.2 Å². The molecule has 4 nitrogen and oxygen atoms in total. The Morgan fingerprint density at radius 1 is 1.00 bits per heavy atom. The summed E-state index contributed by atoms with van der Waals surface area (Å²) < 4.78 is 5.60. The van der Waals surface area contributed by atoms with Gasteiger partial charge in [0.25, 0.3) is 5.91 Å². The van der Waals surface area contributed by atoms with Gasteiger partial charge in [0.1, 0.15) is 5.75 Å². The summed E-state index contributed by atoms with van der Waals surface area (Å²) in [4.78, 5) is 20.7. The van der Waals surface area contributed by atoms with Gasteiger partial charge in [0, 0.05) is 0 Å². The van der Waals surface area contributed by atoms with Gasteiger partial charge in [0.15, 0.2) is 5.17 Å². The zero-order valence-electron chi connectivity index (χ0n) is 17.6. The number of carbonyl (C=O) groups is 1. The van der Waals surface area contributed by atoms with Crippen LogP contribution in [0.25, 0.3) is 6.08 Å². The quantitative estimate of drug-likeness (QED) is 0.424. The molecule has 0 bridgehead atoms. The number of thioether (sulfide) groups is 1. The summed E-state index contributed by atoms with van der Waals surface area (Å²) in [6.07, 6.45) is 1.91. The number of nitrogens with zero attached hydrogens (tertiary/aromatic N) is 2. The van der Waals surface area contributed by atoms with E-state index in [1.807, 2.05) is 105 Å². The van der Waals surface area contributed by atoms with Crippen molar-refractivity contribution in [2.24, 2.45) is 4.99 Å². The van der Waals surface area contributed by atoms with Crippen molar-refractivity contribution in [1.82, 2.24) is 4.90 Å². The topological polar surface area (TPSA) is 41.9 Å². The van der Waals surface area contributed by atoms with Crippen LogP contribution >= 0.6 is 11.8 Å². The summed E-state index contributed by atoms with van der Waals surface area (Å²) in [6, 6.07) is 27.4.